The van der Waals surface area contributed by atoms with E-state index in [1.54, 1.807) is 23.6 Å². The van der Waals surface area contributed by atoms with Crippen molar-refractivity contribution in [2.75, 3.05) is 7.11 Å². The number of carbonyl (C=O) groups excluding carboxylic acids is 2. The van der Waals surface area contributed by atoms with Gasteiger partial charge in [-0.2, -0.15) is 0 Å². The minimum absolute atomic E-state index is 0.326. The standard InChI is InChI=1S/C13H9IO4S/c1-17-10-6-8(7-15)5-9(14)12(10)18-13(16)11-3-2-4-19-11/h2-7H,1H3. The molecule has 0 saturated carbocycles. The molecule has 0 spiro atoms. The first-order valence-corrected chi connectivity index (χ1v) is 7.20. The Kier molecular flexibility index (Phi) is 4.54. The molecule has 98 valence electrons. The van der Waals surface area contributed by atoms with E-state index in [-0.39, 0.29) is 0 Å². The van der Waals surface area contributed by atoms with Crippen molar-refractivity contribution in [3.05, 3.63) is 43.7 Å². The maximum atomic E-state index is 11.9. The summed E-state index contributed by atoms with van der Waals surface area (Å²) in [7, 11) is 1.46. The summed E-state index contributed by atoms with van der Waals surface area (Å²) in [6, 6.07) is 6.63. The summed E-state index contributed by atoms with van der Waals surface area (Å²) in [5.74, 6) is 0.246. The van der Waals surface area contributed by atoms with E-state index >= 15 is 0 Å². The van der Waals surface area contributed by atoms with Gasteiger partial charge in [0, 0.05) is 5.56 Å². The van der Waals surface area contributed by atoms with Gasteiger partial charge in [-0.25, -0.2) is 4.79 Å². The van der Waals surface area contributed by atoms with Crippen LogP contribution in [-0.2, 0) is 0 Å². The second kappa shape index (κ2) is 6.16. The number of esters is 1. The molecule has 0 atom stereocenters. The van der Waals surface area contributed by atoms with Crippen molar-refractivity contribution < 1.29 is 19.1 Å². The molecule has 2 aromatic rings. The average Bonchev–Trinajstić information content (AvgIpc) is 2.94. The van der Waals surface area contributed by atoms with Gasteiger partial charge in [0.2, 0.25) is 0 Å². The Balaban J connectivity index is 2.34. The van der Waals surface area contributed by atoms with E-state index in [2.05, 4.69) is 0 Å². The quantitative estimate of drug-likeness (QED) is 0.349. The normalized spacial score (nSPS) is 10.0. The van der Waals surface area contributed by atoms with Gasteiger partial charge in [0.05, 0.1) is 10.7 Å². The lowest BCUT2D eigenvalue weighted by atomic mass is 10.2. The summed E-state index contributed by atoms with van der Waals surface area (Å²) in [6.45, 7) is 0. The van der Waals surface area contributed by atoms with Crippen LogP contribution in [-0.4, -0.2) is 19.4 Å². The molecule has 0 aliphatic heterocycles. The molecule has 2 rings (SSSR count). The van der Waals surface area contributed by atoms with Crippen molar-refractivity contribution in [3.8, 4) is 11.5 Å². The molecule has 0 amide bonds. The molecule has 0 fully saturated rings. The number of thiophene rings is 1. The number of methoxy groups -OCH3 is 1. The smallest absolute Gasteiger partial charge is 0.353 e. The molecule has 0 aliphatic rings. The number of hydrogen-bond acceptors (Lipinski definition) is 5. The van der Waals surface area contributed by atoms with Crippen LogP contribution < -0.4 is 9.47 Å². The Bertz CT molecular complexity index is 607. The second-order valence-corrected chi connectivity index (χ2v) is 5.63. The third-order valence-corrected chi connectivity index (χ3v) is 3.96. The van der Waals surface area contributed by atoms with Crippen molar-refractivity contribution in [2.24, 2.45) is 0 Å². The molecular formula is C13H9IO4S. The molecule has 19 heavy (non-hydrogen) atoms. The molecule has 0 unspecified atom stereocenters. The lowest BCUT2D eigenvalue weighted by molar-refractivity contribution is 0.0733. The van der Waals surface area contributed by atoms with Crippen LogP contribution in [0, 0.1) is 3.57 Å². The summed E-state index contributed by atoms with van der Waals surface area (Å²) in [5, 5.41) is 1.80. The Morgan fingerprint density at radius 2 is 2.21 bits per heavy atom. The molecule has 6 heteroatoms. The van der Waals surface area contributed by atoms with E-state index in [4.69, 9.17) is 9.47 Å². The maximum Gasteiger partial charge on any atom is 0.353 e. The molecule has 4 nitrogen and oxygen atoms in total. The number of hydrogen-bond donors (Lipinski definition) is 0. The third kappa shape index (κ3) is 3.13. The minimum atomic E-state index is -0.440. The first kappa shape index (κ1) is 14.0. The molecule has 0 bridgehead atoms. The molecule has 0 saturated heterocycles. The highest BCUT2D eigenvalue weighted by Crippen LogP contribution is 2.34. The zero-order valence-corrected chi connectivity index (χ0v) is 12.9. The largest absolute Gasteiger partial charge is 0.493 e. The number of carbonyl (C=O) groups is 2. The minimum Gasteiger partial charge on any atom is -0.493 e. The average molecular weight is 388 g/mol. The Morgan fingerprint density at radius 1 is 1.42 bits per heavy atom. The van der Waals surface area contributed by atoms with E-state index in [1.165, 1.54) is 24.5 Å². The topological polar surface area (TPSA) is 52.6 Å². The monoisotopic (exact) mass is 388 g/mol. The number of halogens is 1. The Labute approximate surface area is 127 Å². The Morgan fingerprint density at radius 3 is 2.79 bits per heavy atom. The molecule has 1 heterocycles. The van der Waals surface area contributed by atoms with Gasteiger partial charge in [-0.15, -0.1) is 11.3 Å². The summed E-state index contributed by atoms with van der Waals surface area (Å²) in [4.78, 5) is 23.2. The van der Waals surface area contributed by atoms with Crippen LogP contribution in [0.2, 0.25) is 0 Å². The number of rotatable bonds is 4. The highest BCUT2D eigenvalue weighted by atomic mass is 127. The molecule has 0 N–H and O–H groups in total. The van der Waals surface area contributed by atoms with Gasteiger partial charge in [0.25, 0.3) is 0 Å². The van der Waals surface area contributed by atoms with Crippen LogP contribution in [0.1, 0.15) is 20.0 Å². The van der Waals surface area contributed by atoms with Crippen LogP contribution in [0.4, 0.5) is 0 Å². The summed E-state index contributed by atoms with van der Waals surface area (Å²) in [5.41, 5.74) is 0.470. The van der Waals surface area contributed by atoms with Gasteiger partial charge in [-0.1, -0.05) is 6.07 Å². The second-order valence-electron chi connectivity index (χ2n) is 3.52. The Hall–Kier alpha value is -1.41. The molecule has 0 radical (unpaired) electrons. The molecular weight excluding hydrogens is 379 g/mol. The van der Waals surface area contributed by atoms with Crippen LogP contribution in [0.15, 0.2) is 29.6 Å². The summed E-state index contributed by atoms with van der Waals surface area (Å²) >= 11 is 3.30. The number of ether oxygens (including phenoxy) is 2. The van der Waals surface area contributed by atoms with Crippen LogP contribution in [0.5, 0.6) is 11.5 Å². The van der Waals surface area contributed by atoms with Gasteiger partial charge < -0.3 is 9.47 Å². The molecule has 1 aromatic carbocycles. The summed E-state index contributed by atoms with van der Waals surface area (Å²) in [6.07, 6.45) is 0.718. The molecule has 0 aliphatic carbocycles. The third-order valence-electron chi connectivity index (χ3n) is 2.30. The van der Waals surface area contributed by atoms with Crippen molar-refractivity contribution in [2.45, 2.75) is 0 Å². The highest BCUT2D eigenvalue weighted by molar-refractivity contribution is 14.1. The zero-order valence-electron chi connectivity index (χ0n) is 9.88. The fourth-order valence-corrected chi connectivity index (χ4v) is 2.78. The van der Waals surface area contributed by atoms with Crippen molar-refractivity contribution in [1.82, 2.24) is 0 Å². The predicted octanol–water partition coefficient (Wildman–Crippen LogP) is 3.39. The van der Waals surface area contributed by atoms with Crippen LogP contribution in [0.3, 0.4) is 0 Å². The van der Waals surface area contributed by atoms with Gasteiger partial charge >= 0.3 is 5.97 Å². The summed E-state index contributed by atoms with van der Waals surface area (Å²) < 4.78 is 11.1. The first-order chi connectivity index (χ1) is 9.15. The zero-order chi connectivity index (χ0) is 13.8. The van der Waals surface area contributed by atoms with E-state index in [1.807, 2.05) is 22.6 Å². The first-order valence-electron chi connectivity index (χ1n) is 5.24. The van der Waals surface area contributed by atoms with Gasteiger partial charge in [-0.3, -0.25) is 4.79 Å². The number of aldehydes is 1. The predicted molar refractivity (Wildman–Crippen MR) is 80.4 cm³/mol. The van der Waals surface area contributed by atoms with E-state index in [0.29, 0.717) is 25.5 Å². The maximum absolute atomic E-state index is 11.9. The number of benzene rings is 1. The highest BCUT2D eigenvalue weighted by Gasteiger charge is 2.17. The van der Waals surface area contributed by atoms with E-state index in [0.717, 1.165) is 6.29 Å². The van der Waals surface area contributed by atoms with E-state index < -0.39 is 5.97 Å². The van der Waals surface area contributed by atoms with Crippen molar-refractivity contribution in [1.29, 1.82) is 0 Å². The molecule has 1 aromatic heterocycles. The fraction of sp³-hybridized carbons (Fsp3) is 0.0769. The fourth-order valence-electron chi connectivity index (χ4n) is 1.44. The SMILES string of the molecule is COc1cc(C=O)cc(I)c1OC(=O)c1cccs1. The van der Waals surface area contributed by atoms with Gasteiger partial charge in [0.1, 0.15) is 11.2 Å². The van der Waals surface area contributed by atoms with Gasteiger partial charge in [0.15, 0.2) is 11.5 Å². The van der Waals surface area contributed by atoms with Crippen molar-refractivity contribution in [3.63, 3.8) is 0 Å². The van der Waals surface area contributed by atoms with Gasteiger partial charge in [-0.05, 0) is 46.2 Å². The van der Waals surface area contributed by atoms with Crippen molar-refractivity contribution >= 4 is 46.2 Å². The van der Waals surface area contributed by atoms with Crippen LogP contribution >= 0.6 is 33.9 Å². The lowest BCUT2D eigenvalue weighted by Crippen LogP contribution is -2.09. The van der Waals surface area contributed by atoms with E-state index in [9.17, 15) is 9.59 Å². The van der Waals surface area contributed by atoms with Crippen LogP contribution in [0.25, 0.3) is 0 Å². The lowest BCUT2D eigenvalue weighted by Gasteiger charge is -2.11.